The molecule has 0 spiro atoms. The third-order valence-electron chi connectivity index (χ3n) is 4.21. The van der Waals surface area contributed by atoms with E-state index >= 15 is 0 Å². The Bertz CT molecular complexity index is 728. The van der Waals surface area contributed by atoms with Crippen molar-refractivity contribution in [2.45, 2.75) is 19.8 Å². The predicted molar refractivity (Wildman–Crippen MR) is 92.0 cm³/mol. The lowest BCUT2D eigenvalue weighted by atomic mass is 9.97. The van der Waals surface area contributed by atoms with E-state index in [2.05, 4.69) is 5.32 Å². The molecule has 132 valence electrons. The second-order valence-corrected chi connectivity index (χ2v) is 5.92. The van der Waals surface area contributed by atoms with Gasteiger partial charge in [0.1, 0.15) is 17.4 Å². The Hall–Kier alpha value is -3.01. The highest BCUT2D eigenvalue weighted by molar-refractivity contribution is 5.97. The Balaban J connectivity index is 2.08. The average molecular weight is 343 g/mol. The number of nitrogens with zero attached hydrogens (tertiary/aromatic N) is 2. The number of hydrogen-bond donors (Lipinski definition) is 2. The second-order valence-electron chi connectivity index (χ2n) is 5.92. The molecule has 1 amide bonds. The van der Waals surface area contributed by atoms with Crippen LogP contribution in [0.15, 0.2) is 30.0 Å². The fourth-order valence-electron chi connectivity index (χ4n) is 2.73. The lowest BCUT2D eigenvalue weighted by Crippen LogP contribution is -2.40. The predicted octanol–water partition coefficient (Wildman–Crippen LogP) is 2.15. The number of aliphatic carboxylic acids is 1. The molecule has 7 nitrogen and oxygen atoms in total. The van der Waals surface area contributed by atoms with Crippen LogP contribution >= 0.6 is 0 Å². The number of carboxylic acids is 1. The van der Waals surface area contributed by atoms with Crippen LogP contribution in [-0.2, 0) is 9.59 Å². The molecule has 0 saturated carbocycles. The highest BCUT2D eigenvalue weighted by atomic mass is 16.5. The maximum Gasteiger partial charge on any atom is 0.306 e. The third-order valence-corrected chi connectivity index (χ3v) is 4.21. The van der Waals surface area contributed by atoms with Gasteiger partial charge in [0, 0.05) is 19.3 Å². The summed E-state index contributed by atoms with van der Waals surface area (Å²) in [4.78, 5) is 25.0. The topological polar surface area (TPSA) is 103 Å². The van der Waals surface area contributed by atoms with Gasteiger partial charge >= 0.3 is 5.97 Å². The lowest BCUT2D eigenvalue weighted by Gasteiger charge is -2.29. The van der Waals surface area contributed by atoms with E-state index in [0.29, 0.717) is 37.4 Å². The highest BCUT2D eigenvalue weighted by Crippen LogP contribution is 2.25. The summed E-state index contributed by atoms with van der Waals surface area (Å²) in [7, 11) is 1.54. The Labute approximate surface area is 146 Å². The van der Waals surface area contributed by atoms with Gasteiger partial charge < -0.3 is 20.1 Å². The molecule has 1 heterocycles. The minimum Gasteiger partial charge on any atom is -0.495 e. The number of ether oxygens (including phenoxy) is 1. The van der Waals surface area contributed by atoms with Gasteiger partial charge in [0.05, 0.1) is 18.7 Å². The monoisotopic (exact) mass is 343 g/mol. The Morgan fingerprint density at radius 3 is 2.64 bits per heavy atom. The SMILES string of the molecule is COc1ccc(C)cc1N/C=C(/C#N)C(=O)N1CCC(C(=O)O)CC1. The van der Waals surface area contributed by atoms with Crippen LogP contribution in [0.4, 0.5) is 5.69 Å². The van der Waals surface area contributed by atoms with Gasteiger partial charge in [0.15, 0.2) is 0 Å². The molecule has 0 aliphatic carbocycles. The standard InChI is InChI=1S/C18H21N3O4/c1-12-3-4-16(25-2)15(9-12)20-11-14(10-19)17(22)21-7-5-13(6-8-21)18(23)24/h3-4,9,11,13,20H,5-8H2,1-2H3,(H,23,24)/b14-11-. The van der Waals surface area contributed by atoms with Crippen molar-refractivity contribution in [3.8, 4) is 11.8 Å². The number of carboxylic acid groups (broad SMARTS) is 1. The number of carbonyl (C=O) groups excluding carboxylic acids is 1. The molecule has 1 saturated heterocycles. The normalized spacial score (nSPS) is 15.4. The van der Waals surface area contributed by atoms with Crippen LogP contribution in [0.2, 0.25) is 0 Å². The van der Waals surface area contributed by atoms with E-state index in [1.54, 1.807) is 13.2 Å². The fraction of sp³-hybridized carbons (Fsp3) is 0.389. The van der Waals surface area contributed by atoms with Crippen LogP contribution in [0.1, 0.15) is 18.4 Å². The summed E-state index contributed by atoms with van der Waals surface area (Å²) in [5.41, 5.74) is 1.64. The molecule has 1 aliphatic rings. The molecule has 1 aromatic rings. The van der Waals surface area contributed by atoms with Crippen molar-refractivity contribution >= 4 is 17.6 Å². The highest BCUT2D eigenvalue weighted by Gasteiger charge is 2.28. The zero-order valence-electron chi connectivity index (χ0n) is 14.3. The number of aryl methyl sites for hydroxylation is 1. The summed E-state index contributed by atoms with van der Waals surface area (Å²) in [5, 5.41) is 21.3. The Kier molecular flexibility index (Phi) is 6.01. The number of nitriles is 1. The molecule has 7 heteroatoms. The number of hydrogen-bond acceptors (Lipinski definition) is 5. The first-order chi connectivity index (χ1) is 12.0. The van der Waals surface area contributed by atoms with Crippen LogP contribution in [0, 0.1) is 24.2 Å². The quantitative estimate of drug-likeness (QED) is 0.627. The molecule has 1 aliphatic heterocycles. The van der Waals surface area contributed by atoms with Crippen molar-refractivity contribution < 1.29 is 19.4 Å². The fourth-order valence-corrected chi connectivity index (χ4v) is 2.73. The number of benzene rings is 1. The molecule has 0 bridgehead atoms. The van der Waals surface area contributed by atoms with Crippen molar-refractivity contribution in [2.24, 2.45) is 5.92 Å². The van der Waals surface area contributed by atoms with Gasteiger partial charge in [-0.05, 0) is 37.5 Å². The molecular weight excluding hydrogens is 322 g/mol. The van der Waals surface area contributed by atoms with Crippen molar-refractivity contribution in [2.75, 3.05) is 25.5 Å². The molecule has 2 N–H and O–H groups in total. The molecule has 2 rings (SSSR count). The van der Waals surface area contributed by atoms with Crippen LogP contribution in [0.25, 0.3) is 0 Å². The molecule has 0 atom stereocenters. The van der Waals surface area contributed by atoms with Gasteiger partial charge in [-0.3, -0.25) is 9.59 Å². The largest absolute Gasteiger partial charge is 0.495 e. The first-order valence-corrected chi connectivity index (χ1v) is 7.99. The van der Waals surface area contributed by atoms with E-state index in [1.165, 1.54) is 11.1 Å². The summed E-state index contributed by atoms with van der Waals surface area (Å²) in [6.45, 7) is 2.60. The molecule has 0 aromatic heterocycles. The van der Waals surface area contributed by atoms with Gasteiger partial charge in [-0.2, -0.15) is 5.26 Å². The molecule has 0 unspecified atom stereocenters. The van der Waals surface area contributed by atoms with E-state index in [9.17, 15) is 14.9 Å². The van der Waals surface area contributed by atoms with Crippen molar-refractivity contribution in [3.63, 3.8) is 0 Å². The summed E-state index contributed by atoms with van der Waals surface area (Å²) in [6, 6.07) is 7.46. The van der Waals surface area contributed by atoms with Crippen molar-refractivity contribution in [1.82, 2.24) is 4.90 Å². The zero-order chi connectivity index (χ0) is 18.4. The minimum atomic E-state index is -0.837. The van der Waals surface area contributed by atoms with Crippen LogP contribution in [0.5, 0.6) is 5.75 Å². The molecule has 25 heavy (non-hydrogen) atoms. The van der Waals surface area contributed by atoms with Crippen molar-refractivity contribution in [3.05, 3.63) is 35.5 Å². The Morgan fingerprint density at radius 2 is 2.08 bits per heavy atom. The number of anilines is 1. The first kappa shape index (κ1) is 18.3. The van der Waals surface area contributed by atoms with Gasteiger partial charge in [-0.25, -0.2) is 0 Å². The second kappa shape index (κ2) is 8.20. The lowest BCUT2D eigenvalue weighted by molar-refractivity contribution is -0.145. The Morgan fingerprint density at radius 1 is 1.40 bits per heavy atom. The number of likely N-dealkylation sites (tertiary alicyclic amines) is 1. The van der Waals surface area contributed by atoms with E-state index < -0.39 is 17.8 Å². The number of carbonyl (C=O) groups is 2. The maximum absolute atomic E-state index is 12.5. The number of amides is 1. The summed E-state index contributed by atoms with van der Waals surface area (Å²) in [5.74, 6) is -1.05. The van der Waals surface area contributed by atoms with Gasteiger partial charge in [-0.1, -0.05) is 6.07 Å². The average Bonchev–Trinajstić information content (AvgIpc) is 2.62. The number of nitrogens with one attached hydrogen (secondary N) is 1. The van der Waals surface area contributed by atoms with Gasteiger partial charge in [0.2, 0.25) is 0 Å². The van der Waals surface area contributed by atoms with E-state index in [-0.39, 0.29) is 5.57 Å². The van der Waals surface area contributed by atoms with Gasteiger partial charge in [0.25, 0.3) is 5.91 Å². The summed E-state index contributed by atoms with van der Waals surface area (Å²) < 4.78 is 5.25. The molecular formula is C18H21N3O4. The molecule has 1 fully saturated rings. The number of rotatable bonds is 5. The first-order valence-electron chi connectivity index (χ1n) is 7.99. The van der Waals surface area contributed by atoms with Crippen molar-refractivity contribution in [1.29, 1.82) is 5.26 Å². The number of piperidine rings is 1. The minimum absolute atomic E-state index is 0.0302. The van der Waals surface area contributed by atoms with Crippen LogP contribution in [0.3, 0.4) is 0 Å². The molecule has 0 radical (unpaired) electrons. The van der Waals surface area contributed by atoms with E-state index in [0.717, 1.165) is 5.56 Å². The van der Waals surface area contributed by atoms with Crippen LogP contribution < -0.4 is 10.1 Å². The van der Waals surface area contributed by atoms with E-state index in [4.69, 9.17) is 9.84 Å². The molecule has 1 aromatic carbocycles. The summed E-state index contributed by atoms with van der Waals surface area (Å²) in [6.07, 6.45) is 2.17. The maximum atomic E-state index is 12.5. The smallest absolute Gasteiger partial charge is 0.306 e. The third kappa shape index (κ3) is 4.51. The van der Waals surface area contributed by atoms with Crippen LogP contribution in [-0.4, -0.2) is 42.1 Å². The summed E-state index contributed by atoms with van der Waals surface area (Å²) >= 11 is 0. The van der Waals surface area contributed by atoms with Gasteiger partial charge in [-0.15, -0.1) is 0 Å². The number of methoxy groups -OCH3 is 1. The van der Waals surface area contributed by atoms with E-state index in [1.807, 2.05) is 25.1 Å². The zero-order valence-corrected chi connectivity index (χ0v) is 14.3.